The summed E-state index contributed by atoms with van der Waals surface area (Å²) < 4.78 is 4.38. The average molecular weight is 292 g/mol. The van der Waals surface area contributed by atoms with Gasteiger partial charge in [-0.05, 0) is 0 Å². The van der Waals surface area contributed by atoms with Gasteiger partial charge in [0.1, 0.15) is 11.5 Å². The smallest absolute Gasteiger partial charge is 0.378 e. The predicted octanol–water partition coefficient (Wildman–Crippen LogP) is -1.86. The molecule has 0 aromatic heterocycles. The molecule has 1 heterocycles. The Labute approximate surface area is 111 Å². The minimum absolute atomic E-state index is 1.10. The lowest BCUT2D eigenvalue weighted by atomic mass is 9.80. The van der Waals surface area contributed by atoms with E-state index in [-0.39, 0.29) is 0 Å². The predicted molar refractivity (Wildman–Crippen MR) is 57.6 cm³/mol. The van der Waals surface area contributed by atoms with Gasteiger partial charge in [-0.1, -0.05) is 0 Å². The van der Waals surface area contributed by atoms with E-state index in [1.165, 1.54) is 0 Å². The largest absolute Gasteiger partial charge is 0.505 e. The van der Waals surface area contributed by atoms with Gasteiger partial charge in [-0.3, -0.25) is 9.59 Å². The van der Waals surface area contributed by atoms with Crippen molar-refractivity contribution >= 4 is 17.9 Å². The highest BCUT2D eigenvalue weighted by molar-refractivity contribution is 5.89. The van der Waals surface area contributed by atoms with Gasteiger partial charge in [0.25, 0.3) is 0 Å². The molecule has 0 amide bonds. The van der Waals surface area contributed by atoms with E-state index in [1.54, 1.807) is 0 Å². The molecular weight excluding hydrogens is 280 g/mol. The van der Waals surface area contributed by atoms with Crippen LogP contribution in [0.2, 0.25) is 0 Å². The number of carbonyl (C=O) groups is 3. The summed E-state index contributed by atoms with van der Waals surface area (Å²) in [5.41, 5.74) is -2.81. The summed E-state index contributed by atoms with van der Waals surface area (Å²) in [4.78, 5) is 32.7. The molecule has 0 saturated carbocycles. The highest BCUT2D eigenvalue weighted by Crippen LogP contribution is 2.34. The normalized spacial score (nSPS) is 23.1. The summed E-state index contributed by atoms with van der Waals surface area (Å²) in [5, 5.41) is 55.4. The minimum Gasteiger partial charge on any atom is -0.505 e. The Morgan fingerprint density at radius 3 is 2.15 bits per heavy atom. The van der Waals surface area contributed by atoms with Crippen molar-refractivity contribution < 1.29 is 49.8 Å². The second kappa shape index (κ2) is 5.35. The molecule has 1 aliphatic rings. The Morgan fingerprint density at radius 2 is 1.85 bits per heavy atom. The molecule has 0 fully saturated rings. The standard InChI is InChI=1S/C10H12O10/c11-2-10(19,3(8(16)17)1-4(12)13)7-5(14)6(15)9(18)20-7/h3,7,11,14-15,19H,1-2H2,(H,12,13)(H,16,17)/t3?,7-,10+/m0/s1. The van der Waals surface area contributed by atoms with Gasteiger partial charge in [-0.2, -0.15) is 0 Å². The first kappa shape index (κ1) is 15.7. The number of cyclic esters (lactones) is 1. The van der Waals surface area contributed by atoms with Crippen LogP contribution in [0.5, 0.6) is 0 Å². The number of hydrogen-bond donors (Lipinski definition) is 6. The number of hydrogen-bond acceptors (Lipinski definition) is 8. The van der Waals surface area contributed by atoms with E-state index in [9.17, 15) is 24.6 Å². The first-order valence-electron chi connectivity index (χ1n) is 5.26. The summed E-state index contributed by atoms with van der Waals surface area (Å²) in [7, 11) is 0. The minimum atomic E-state index is -2.81. The molecule has 0 saturated heterocycles. The van der Waals surface area contributed by atoms with Crippen LogP contribution in [0.3, 0.4) is 0 Å². The van der Waals surface area contributed by atoms with E-state index in [0.29, 0.717) is 0 Å². The molecule has 112 valence electrons. The Hall–Kier alpha value is -2.33. The highest BCUT2D eigenvalue weighted by atomic mass is 16.6. The van der Waals surface area contributed by atoms with Gasteiger partial charge < -0.3 is 35.4 Å². The van der Waals surface area contributed by atoms with Crippen molar-refractivity contribution in [3.63, 3.8) is 0 Å². The number of carboxylic acids is 2. The maximum Gasteiger partial charge on any atom is 0.378 e. The van der Waals surface area contributed by atoms with Crippen LogP contribution in [0.4, 0.5) is 0 Å². The fourth-order valence-corrected chi connectivity index (χ4v) is 1.81. The molecule has 1 aliphatic heterocycles. The van der Waals surface area contributed by atoms with Crippen LogP contribution in [0, 0.1) is 5.92 Å². The Kier molecular flexibility index (Phi) is 4.20. The molecule has 6 N–H and O–H groups in total. The monoisotopic (exact) mass is 292 g/mol. The molecular formula is C10H12O10. The van der Waals surface area contributed by atoms with Gasteiger partial charge in [0, 0.05) is 0 Å². The molecule has 0 radical (unpaired) electrons. The van der Waals surface area contributed by atoms with E-state index in [2.05, 4.69) is 4.74 Å². The summed E-state index contributed by atoms with van der Waals surface area (Å²) in [6.45, 7) is -1.33. The lowest BCUT2D eigenvalue weighted by Gasteiger charge is -2.34. The second-order valence-electron chi connectivity index (χ2n) is 4.16. The van der Waals surface area contributed by atoms with Crippen molar-refractivity contribution in [2.75, 3.05) is 6.61 Å². The lowest BCUT2D eigenvalue weighted by molar-refractivity contribution is -0.185. The number of ether oxygens (including phenoxy) is 1. The average Bonchev–Trinajstić information content (AvgIpc) is 2.63. The fourth-order valence-electron chi connectivity index (χ4n) is 1.81. The molecule has 0 aromatic carbocycles. The third-order valence-electron chi connectivity index (χ3n) is 2.90. The Bertz CT molecular complexity index is 480. The summed E-state index contributed by atoms with van der Waals surface area (Å²) in [6, 6.07) is 0. The molecule has 0 aliphatic carbocycles. The number of carbonyl (C=O) groups excluding carboxylic acids is 1. The Balaban J connectivity index is 3.22. The number of aliphatic carboxylic acids is 2. The van der Waals surface area contributed by atoms with E-state index < -0.39 is 60.1 Å². The topological polar surface area (TPSA) is 182 Å². The molecule has 10 heteroatoms. The maximum atomic E-state index is 11.0. The molecule has 0 spiro atoms. The van der Waals surface area contributed by atoms with Crippen molar-refractivity contribution in [1.29, 1.82) is 0 Å². The van der Waals surface area contributed by atoms with Crippen LogP contribution in [0.15, 0.2) is 11.5 Å². The molecule has 0 bridgehead atoms. The van der Waals surface area contributed by atoms with E-state index in [4.69, 9.17) is 20.4 Å². The quantitative estimate of drug-likeness (QED) is 0.303. The Morgan fingerprint density at radius 1 is 1.30 bits per heavy atom. The number of rotatable bonds is 6. The van der Waals surface area contributed by atoms with E-state index in [0.717, 1.165) is 0 Å². The van der Waals surface area contributed by atoms with Crippen LogP contribution in [-0.2, 0) is 19.1 Å². The van der Waals surface area contributed by atoms with Crippen molar-refractivity contribution in [2.24, 2.45) is 5.92 Å². The summed E-state index contributed by atoms with van der Waals surface area (Å²) >= 11 is 0. The van der Waals surface area contributed by atoms with Crippen molar-refractivity contribution in [3.8, 4) is 0 Å². The molecule has 0 aromatic rings. The van der Waals surface area contributed by atoms with E-state index in [1.807, 2.05) is 0 Å². The molecule has 3 atom stereocenters. The van der Waals surface area contributed by atoms with Gasteiger partial charge in [0.05, 0.1) is 13.0 Å². The lowest BCUT2D eigenvalue weighted by Crippen LogP contribution is -2.56. The second-order valence-corrected chi connectivity index (χ2v) is 4.16. The molecule has 10 nitrogen and oxygen atoms in total. The van der Waals surface area contributed by atoms with Gasteiger partial charge in [-0.15, -0.1) is 0 Å². The zero-order valence-electron chi connectivity index (χ0n) is 9.89. The third kappa shape index (κ3) is 2.51. The van der Waals surface area contributed by atoms with Gasteiger partial charge in [0.2, 0.25) is 5.76 Å². The molecule has 20 heavy (non-hydrogen) atoms. The number of aliphatic hydroxyl groups is 4. The first-order chi connectivity index (χ1) is 9.15. The number of aliphatic hydroxyl groups excluding tert-OH is 3. The molecule has 1 rings (SSSR count). The van der Waals surface area contributed by atoms with Gasteiger partial charge in [0.15, 0.2) is 11.9 Å². The van der Waals surface area contributed by atoms with Crippen LogP contribution in [0.25, 0.3) is 0 Å². The van der Waals surface area contributed by atoms with Crippen LogP contribution in [-0.4, -0.2) is 66.9 Å². The zero-order chi connectivity index (χ0) is 15.7. The van der Waals surface area contributed by atoms with Crippen LogP contribution in [0.1, 0.15) is 6.42 Å². The number of esters is 1. The van der Waals surface area contributed by atoms with Crippen molar-refractivity contribution in [1.82, 2.24) is 0 Å². The number of carboxylic acid groups (broad SMARTS) is 2. The maximum absolute atomic E-state index is 11.0. The third-order valence-corrected chi connectivity index (χ3v) is 2.90. The van der Waals surface area contributed by atoms with Gasteiger partial charge in [-0.25, -0.2) is 4.79 Å². The summed E-state index contributed by atoms with van der Waals surface area (Å²) in [5.74, 6) is -9.33. The SMILES string of the molecule is O=C(O)CC(C(=O)O)[C@](O)(CO)[C@H]1OC(=O)C(O)=C1O. The molecule has 1 unspecified atom stereocenters. The zero-order valence-corrected chi connectivity index (χ0v) is 9.89. The first-order valence-corrected chi connectivity index (χ1v) is 5.26. The fraction of sp³-hybridized carbons (Fsp3) is 0.500. The van der Waals surface area contributed by atoms with Crippen molar-refractivity contribution in [3.05, 3.63) is 11.5 Å². The van der Waals surface area contributed by atoms with Crippen LogP contribution >= 0.6 is 0 Å². The highest BCUT2D eigenvalue weighted by Gasteiger charge is 2.56. The summed E-state index contributed by atoms with van der Waals surface area (Å²) in [6.07, 6.45) is -3.19. The van der Waals surface area contributed by atoms with Crippen LogP contribution < -0.4 is 0 Å². The van der Waals surface area contributed by atoms with Gasteiger partial charge >= 0.3 is 17.9 Å². The van der Waals surface area contributed by atoms with Crippen molar-refractivity contribution in [2.45, 2.75) is 18.1 Å². The van der Waals surface area contributed by atoms with E-state index >= 15 is 0 Å².